The highest BCUT2D eigenvalue weighted by atomic mass is 79.9. The summed E-state index contributed by atoms with van der Waals surface area (Å²) in [5, 5.41) is 0. The molecule has 0 saturated heterocycles. The maximum atomic E-state index is 12.3. The van der Waals surface area contributed by atoms with Crippen LogP contribution in [0.3, 0.4) is 0 Å². The molecule has 2 aromatic rings. The topological polar surface area (TPSA) is 43.4 Å². The van der Waals surface area contributed by atoms with E-state index in [1.807, 2.05) is 57.2 Å². The zero-order chi connectivity index (χ0) is 17.0. The first kappa shape index (κ1) is 17.4. The summed E-state index contributed by atoms with van der Waals surface area (Å²) in [6.45, 7) is 5.57. The summed E-state index contributed by atoms with van der Waals surface area (Å²) in [5.74, 6) is -0.563. The van der Waals surface area contributed by atoms with Crippen LogP contribution in [-0.2, 0) is 16.0 Å². The lowest BCUT2D eigenvalue weighted by molar-refractivity contribution is -0.141. The predicted molar refractivity (Wildman–Crippen MR) is 93.8 cm³/mol. The molecule has 2 aromatic carbocycles. The number of halogens is 1. The van der Waals surface area contributed by atoms with Crippen molar-refractivity contribution in [3.8, 4) is 0 Å². The van der Waals surface area contributed by atoms with Crippen molar-refractivity contribution in [2.45, 2.75) is 27.2 Å². The molecular formula is C19H19BrO3. The Kier molecular flexibility index (Phi) is 5.72. The molecule has 3 nitrogen and oxygen atoms in total. The van der Waals surface area contributed by atoms with Crippen molar-refractivity contribution in [3.63, 3.8) is 0 Å². The summed E-state index contributed by atoms with van der Waals surface area (Å²) in [7, 11) is 0. The van der Waals surface area contributed by atoms with Gasteiger partial charge in [0.25, 0.3) is 0 Å². The summed E-state index contributed by atoms with van der Waals surface area (Å²) in [5.41, 5.74) is 4.44. The Morgan fingerprint density at radius 3 is 2.13 bits per heavy atom. The zero-order valence-corrected chi connectivity index (χ0v) is 15.1. The van der Waals surface area contributed by atoms with Gasteiger partial charge in [-0.1, -0.05) is 45.8 Å². The third kappa shape index (κ3) is 4.76. The van der Waals surface area contributed by atoms with Crippen molar-refractivity contribution in [2.24, 2.45) is 0 Å². The van der Waals surface area contributed by atoms with E-state index in [-0.39, 0.29) is 18.8 Å². The number of hydrogen-bond donors (Lipinski definition) is 0. The second-order valence-corrected chi connectivity index (χ2v) is 6.58. The number of aryl methyl sites for hydroxylation is 3. The van der Waals surface area contributed by atoms with E-state index in [2.05, 4.69) is 15.9 Å². The van der Waals surface area contributed by atoms with Crippen molar-refractivity contribution < 1.29 is 14.3 Å². The molecular weight excluding hydrogens is 356 g/mol. The number of Topliss-reactive ketones (excluding diaryl/α,β-unsaturated/α-hetero) is 1. The second-order valence-electron chi connectivity index (χ2n) is 5.66. The van der Waals surface area contributed by atoms with Gasteiger partial charge in [0.2, 0.25) is 5.78 Å². The highest BCUT2D eigenvalue weighted by Gasteiger charge is 2.15. The monoisotopic (exact) mass is 374 g/mol. The predicted octanol–water partition coefficient (Wildman–Crippen LogP) is 4.34. The molecule has 0 N–H and O–H groups in total. The van der Waals surface area contributed by atoms with Crippen LogP contribution in [0.5, 0.6) is 0 Å². The third-order valence-electron chi connectivity index (χ3n) is 3.58. The molecule has 120 valence electrons. The Morgan fingerprint density at radius 2 is 1.57 bits per heavy atom. The fraction of sp³-hybridized carbons (Fsp3) is 0.263. The molecule has 23 heavy (non-hydrogen) atoms. The molecule has 0 spiro atoms. The first-order chi connectivity index (χ1) is 10.9. The average Bonchev–Trinajstić information content (AvgIpc) is 2.46. The first-order valence-electron chi connectivity index (χ1n) is 7.38. The number of ether oxygens (including phenoxy) is 1. The van der Waals surface area contributed by atoms with Crippen molar-refractivity contribution in [2.75, 3.05) is 6.61 Å². The van der Waals surface area contributed by atoms with E-state index in [0.717, 1.165) is 26.7 Å². The van der Waals surface area contributed by atoms with Crippen LogP contribution in [0.2, 0.25) is 0 Å². The minimum Gasteiger partial charge on any atom is -0.457 e. The second kappa shape index (κ2) is 7.55. The largest absolute Gasteiger partial charge is 0.457 e. The molecule has 0 radical (unpaired) electrons. The maximum Gasteiger partial charge on any atom is 0.310 e. The number of ketones is 1. The van der Waals surface area contributed by atoms with Gasteiger partial charge in [-0.2, -0.15) is 0 Å². The molecule has 0 aliphatic heterocycles. The smallest absolute Gasteiger partial charge is 0.310 e. The van der Waals surface area contributed by atoms with Crippen molar-refractivity contribution in [1.82, 2.24) is 0 Å². The van der Waals surface area contributed by atoms with E-state index in [1.165, 1.54) is 0 Å². The average molecular weight is 375 g/mol. The Balaban J connectivity index is 1.96. The van der Waals surface area contributed by atoms with Gasteiger partial charge >= 0.3 is 5.97 Å². The molecule has 0 unspecified atom stereocenters. The number of benzene rings is 2. The number of hydrogen-bond acceptors (Lipinski definition) is 3. The van der Waals surface area contributed by atoms with E-state index in [1.54, 1.807) is 0 Å². The maximum absolute atomic E-state index is 12.3. The van der Waals surface area contributed by atoms with Gasteiger partial charge < -0.3 is 4.74 Å². The molecule has 0 saturated carbocycles. The lowest BCUT2D eigenvalue weighted by Gasteiger charge is -2.11. The van der Waals surface area contributed by atoms with Gasteiger partial charge in [0.05, 0.1) is 6.42 Å². The molecule has 0 heterocycles. The quantitative estimate of drug-likeness (QED) is 0.577. The number of carbonyl (C=O) groups is 2. The molecule has 2 rings (SSSR count). The van der Waals surface area contributed by atoms with Crippen molar-refractivity contribution in [1.29, 1.82) is 0 Å². The molecule has 0 aliphatic carbocycles. The number of esters is 1. The molecule has 0 aromatic heterocycles. The Hall–Kier alpha value is -1.94. The van der Waals surface area contributed by atoms with Crippen molar-refractivity contribution >= 4 is 27.7 Å². The molecule has 0 amide bonds. The van der Waals surface area contributed by atoms with Crippen LogP contribution >= 0.6 is 15.9 Å². The van der Waals surface area contributed by atoms with Gasteiger partial charge in [-0.3, -0.25) is 9.59 Å². The van der Waals surface area contributed by atoms with Crippen LogP contribution in [0.4, 0.5) is 0 Å². The molecule has 0 atom stereocenters. The zero-order valence-electron chi connectivity index (χ0n) is 13.5. The van der Waals surface area contributed by atoms with Gasteiger partial charge in [-0.15, -0.1) is 0 Å². The van der Waals surface area contributed by atoms with Crippen LogP contribution in [0.15, 0.2) is 40.9 Å². The standard InChI is InChI=1S/C19H19BrO3/c1-12-8-13(2)19(14(3)9-12)17(21)11-23-18(22)10-15-4-6-16(20)7-5-15/h4-9H,10-11H2,1-3H3. The molecule has 0 bridgehead atoms. The lowest BCUT2D eigenvalue weighted by Crippen LogP contribution is -2.17. The fourth-order valence-corrected chi connectivity index (χ4v) is 2.92. The summed E-state index contributed by atoms with van der Waals surface area (Å²) >= 11 is 3.35. The van der Waals surface area contributed by atoms with Crippen LogP contribution in [-0.4, -0.2) is 18.4 Å². The van der Waals surface area contributed by atoms with E-state index < -0.39 is 5.97 Å². The summed E-state index contributed by atoms with van der Waals surface area (Å²) in [6, 6.07) is 11.4. The van der Waals surface area contributed by atoms with Gasteiger partial charge in [-0.05, 0) is 49.6 Å². The van der Waals surface area contributed by atoms with Crippen LogP contribution in [0, 0.1) is 20.8 Å². The molecule has 4 heteroatoms. The minimum atomic E-state index is -0.400. The summed E-state index contributed by atoms with van der Waals surface area (Å²) < 4.78 is 6.09. The highest BCUT2D eigenvalue weighted by molar-refractivity contribution is 9.10. The van der Waals surface area contributed by atoms with Crippen LogP contribution < -0.4 is 0 Å². The third-order valence-corrected chi connectivity index (χ3v) is 4.11. The SMILES string of the molecule is Cc1cc(C)c(C(=O)COC(=O)Cc2ccc(Br)cc2)c(C)c1. The Morgan fingerprint density at radius 1 is 1.00 bits per heavy atom. The van der Waals surface area contributed by atoms with E-state index in [9.17, 15) is 9.59 Å². The van der Waals surface area contributed by atoms with E-state index in [0.29, 0.717) is 5.56 Å². The van der Waals surface area contributed by atoms with Gasteiger partial charge in [0.15, 0.2) is 6.61 Å². The van der Waals surface area contributed by atoms with Gasteiger partial charge in [-0.25, -0.2) is 0 Å². The summed E-state index contributed by atoms with van der Waals surface area (Å²) in [4.78, 5) is 24.2. The van der Waals surface area contributed by atoms with Crippen LogP contribution in [0.25, 0.3) is 0 Å². The molecule has 0 aliphatic rings. The lowest BCUT2D eigenvalue weighted by atomic mass is 9.97. The fourth-order valence-electron chi connectivity index (χ4n) is 2.66. The minimum absolute atomic E-state index is 0.159. The number of rotatable bonds is 5. The Bertz CT molecular complexity index is 710. The van der Waals surface area contributed by atoms with E-state index in [4.69, 9.17) is 4.74 Å². The summed E-state index contributed by atoms with van der Waals surface area (Å²) in [6.07, 6.45) is 0.159. The first-order valence-corrected chi connectivity index (χ1v) is 8.17. The van der Waals surface area contributed by atoms with E-state index >= 15 is 0 Å². The molecule has 0 fully saturated rings. The highest BCUT2D eigenvalue weighted by Crippen LogP contribution is 2.17. The normalized spacial score (nSPS) is 10.4. The van der Waals surface area contributed by atoms with Crippen LogP contribution in [0.1, 0.15) is 32.6 Å². The van der Waals surface area contributed by atoms with Gasteiger partial charge in [0, 0.05) is 10.0 Å². The number of carbonyl (C=O) groups excluding carboxylic acids is 2. The van der Waals surface area contributed by atoms with Crippen molar-refractivity contribution in [3.05, 3.63) is 68.7 Å². The van der Waals surface area contributed by atoms with Gasteiger partial charge in [0.1, 0.15) is 0 Å². The Labute approximate surface area is 144 Å².